The lowest BCUT2D eigenvalue weighted by atomic mass is 9.47. The summed E-state index contributed by atoms with van der Waals surface area (Å²) in [5, 5.41) is 10.1. The van der Waals surface area contributed by atoms with E-state index in [1.165, 1.54) is 25.7 Å². The minimum absolute atomic E-state index is 0.122. The van der Waals surface area contributed by atoms with E-state index < -0.39 is 0 Å². The summed E-state index contributed by atoms with van der Waals surface area (Å²) in [5.41, 5.74) is 2.07. The number of aliphatic hydroxyl groups is 1. The van der Waals surface area contributed by atoms with E-state index in [1.807, 2.05) is 6.92 Å². The summed E-state index contributed by atoms with van der Waals surface area (Å²) in [6.45, 7) is 9.04. The molecule has 1 N–H and O–H groups in total. The highest BCUT2D eigenvalue weighted by atomic mass is 16.3. The van der Waals surface area contributed by atoms with Gasteiger partial charge in [-0.05, 0) is 86.4 Å². The van der Waals surface area contributed by atoms with Crippen LogP contribution in [-0.2, 0) is 4.79 Å². The summed E-state index contributed by atoms with van der Waals surface area (Å²) in [5.74, 6) is 3.46. The van der Waals surface area contributed by atoms with Crippen LogP contribution in [0.15, 0.2) is 11.6 Å². The molecule has 3 fully saturated rings. The normalized spacial score (nSPS) is 53.6. The molecule has 0 spiro atoms. The second-order valence-electron chi connectivity index (χ2n) is 10.0. The SMILES string of the molecule is CC(=O)[C@@H]1[C@@H](C)C[C@@H]2[C@H]3CC=C4C[C@H](O)CC[C@@]4(C)[C@@H]3CC[C@]21C. The van der Waals surface area contributed by atoms with Crippen LogP contribution in [0.5, 0.6) is 0 Å². The van der Waals surface area contributed by atoms with Crippen LogP contribution in [0.4, 0.5) is 0 Å². The van der Waals surface area contributed by atoms with Gasteiger partial charge in [-0.1, -0.05) is 32.4 Å². The lowest BCUT2D eigenvalue weighted by Gasteiger charge is -2.57. The van der Waals surface area contributed by atoms with Crippen LogP contribution >= 0.6 is 0 Å². The molecule has 0 unspecified atom stereocenters. The van der Waals surface area contributed by atoms with Crippen LogP contribution in [0.2, 0.25) is 0 Å². The molecule has 134 valence electrons. The number of rotatable bonds is 1. The summed E-state index contributed by atoms with van der Waals surface area (Å²) in [4.78, 5) is 12.4. The van der Waals surface area contributed by atoms with Crippen molar-refractivity contribution in [3.63, 3.8) is 0 Å². The Morgan fingerprint density at radius 2 is 1.96 bits per heavy atom. The first kappa shape index (κ1) is 16.8. The van der Waals surface area contributed by atoms with Crippen molar-refractivity contribution in [3.05, 3.63) is 11.6 Å². The van der Waals surface area contributed by atoms with Crippen LogP contribution in [0, 0.1) is 40.4 Å². The highest BCUT2D eigenvalue weighted by molar-refractivity contribution is 5.80. The van der Waals surface area contributed by atoms with Gasteiger partial charge in [0.2, 0.25) is 0 Å². The molecule has 0 aliphatic heterocycles. The molecular formula is C22H34O2. The summed E-state index contributed by atoms with van der Waals surface area (Å²) in [7, 11) is 0. The van der Waals surface area contributed by atoms with Gasteiger partial charge in [0.15, 0.2) is 0 Å². The molecule has 0 aromatic rings. The predicted octanol–water partition coefficient (Wildman–Crippen LogP) is 4.76. The first-order chi connectivity index (χ1) is 11.3. The largest absolute Gasteiger partial charge is 0.393 e. The average molecular weight is 331 g/mol. The fourth-order valence-corrected chi connectivity index (χ4v) is 7.87. The van der Waals surface area contributed by atoms with E-state index in [2.05, 4.69) is 26.8 Å². The van der Waals surface area contributed by atoms with E-state index in [4.69, 9.17) is 0 Å². The maximum atomic E-state index is 12.4. The van der Waals surface area contributed by atoms with Gasteiger partial charge >= 0.3 is 0 Å². The molecule has 8 atom stereocenters. The molecule has 4 aliphatic carbocycles. The average Bonchev–Trinajstić information content (AvgIpc) is 2.78. The molecule has 0 bridgehead atoms. The first-order valence-electron chi connectivity index (χ1n) is 10.2. The monoisotopic (exact) mass is 330 g/mol. The maximum Gasteiger partial charge on any atom is 0.133 e. The van der Waals surface area contributed by atoms with Crippen LogP contribution in [-0.4, -0.2) is 17.0 Å². The Kier molecular flexibility index (Phi) is 3.81. The molecule has 2 nitrogen and oxygen atoms in total. The van der Waals surface area contributed by atoms with E-state index in [-0.39, 0.29) is 17.4 Å². The van der Waals surface area contributed by atoms with Crippen molar-refractivity contribution in [3.8, 4) is 0 Å². The summed E-state index contributed by atoms with van der Waals surface area (Å²) in [6.07, 6.45) is 10.3. The minimum Gasteiger partial charge on any atom is -0.393 e. The first-order valence-corrected chi connectivity index (χ1v) is 10.2. The second kappa shape index (κ2) is 5.43. The zero-order chi connectivity index (χ0) is 17.3. The lowest BCUT2D eigenvalue weighted by Crippen LogP contribution is -2.51. The fourth-order valence-electron chi connectivity index (χ4n) is 7.87. The van der Waals surface area contributed by atoms with E-state index >= 15 is 0 Å². The molecule has 3 saturated carbocycles. The minimum atomic E-state index is -0.122. The molecule has 2 heteroatoms. The van der Waals surface area contributed by atoms with Crippen molar-refractivity contribution >= 4 is 5.78 Å². The smallest absolute Gasteiger partial charge is 0.133 e. The van der Waals surface area contributed by atoms with Gasteiger partial charge in [-0.15, -0.1) is 0 Å². The van der Waals surface area contributed by atoms with Crippen molar-refractivity contribution < 1.29 is 9.90 Å². The quantitative estimate of drug-likeness (QED) is 0.704. The van der Waals surface area contributed by atoms with Crippen LogP contribution < -0.4 is 0 Å². The number of Topliss-reactive ketones (excluding diaryl/α,β-unsaturated/α-hetero) is 1. The van der Waals surface area contributed by atoms with Gasteiger partial charge in [-0.25, -0.2) is 0 Å². The van der Waals surface area contributed by atoms with Gasteiger partial charge in [-0.3, -0.25) is 4.79 Å². The van der Waals surface area contributed by atoms with Gasteiger partial charge in [0, 0.05) is 5.92 Å². The topological polar surface area (TPSA) is 37.3 Å². The predicted molar refractivity (Wildman–Crippen MR) is 96.4 cm³/mol. The summed E-state index contributed by atoms with van der Waals surface area (Å²) >= 11 is 0. The molecule has 0 heterocycles. The van der Waals surface area contributed by atoms with Gasteiger partial charge in [-0.2, -0.15) is 0 Å². The Balaban J connectivity index is 1.68. The molecule has 0 saturated heterocycles. The van der Waals surface area contributed by atoms with Crippen LogP contribution in [0.3, 0.4) is 0 Å². The van der Waals surface area contributed by atoms with Crippen molar-refractivity contribution in [1.29, 1.82) is 0 Å². The highest BCUT2D eigenvalue weighted by Gasteiger charge is 2.61. The van der Waals surface area contributed by atoms with Gasteiger partial charge in [0.1, 0.15) is 5.78 Å². The van der Waals surface area contributed by atoms with E-state index in [9.17, 15) is 9.90 Å². The van der Waals surface area contributed by atoms with Crippen LogP contribution in [0.25, 0.3) is 0 Å². The fraction of sp³-hybridized carbons (Fsp3) is 0.864. The zero-order valence-electron chi connectivity index (χ0n) is 15.8. The van der Waals surface area contributed by atoms with Gasteiger partial charge in [0.25, 0.3) is 0 Å². The van der Waals surface area contributed by atoms with Crippen LogP contribution in [0.1, 0.15) is 72.6 Å². The number of hydrogen-bond acceptors (Lipinski definition) is 2. The molecule has 0 aromatic carbocycles. The standard InChI is InChI=1S/C22H34O2/c1-13-11-19-17-6-5-15-12-16(24)7-9-21(15,3)18(17)8-10-22(19,4)20(13)14(2)23/h5,13,16-20,24H,6-12H2,1-4H3/t13-,16+,17-,18+,19+,20-,21+,22+/m0/s1. The molecule has 4 rings (SSSR count). The molecule has 0 radical (unpaired) electrons. The molecule has 0 amide bonds. The van der Waals surface area contributed by atoms with Crippen molar-refractivity contribution in [2.24, 2.45) is 40.4 Å². The number of allylic oxidation sites excluding steroid dienone is 1. The molecular weight excluding hydrogens is 296 g/mol. The lowest BCUT2D eigenvalue weighted by molar-refractivity contribution is -0.128. The summed E-state index contributed by atoms with van der Waals surface area (Å²) in [6, 6.07) is 0. The summed E-state index contributed by atoms with van der Waals surface area (Å²) < 4.78 is 0. The van der Waals surface area contributed by atoms with Gasteiger partial charge in [0.05, 0.1) is 6.10 Å². The zero-order valence-corrected chi connectivity index (χ0v) is 15.8. The maximum absolute atomic E-state index is 12.4. The number of ketones is 1. The van der Waals surface area contributed by atoms with E-state index in [0.29, 0.717) is 23.0 Å². The second-order valence-corrected chi connectivity index (χ2v) is 10.0. The van der Waals surface area contributed by atoms with E-state index in [1.54, 1.807) is 5.57 Å². The number of carbonyl (C=O) groups excluding carboxylic acids is 1. The Morgan fingerprint density at radius 3 is 2.67 bits per heavy atom. The Hall–Kier alpha value is -0.630. The van der Waals surface area contributed by atoms with Gasteiger partial charge < -0.3 is 5.11 Å². The molecule has 0 aromatic heterocycles. The Bertz CT molecular complexity index is 579. The Morgan fingerprint density at radius 1 is 1.21 bits per heavy atom. The Labute approximate surface area is 147 Å². The third-order valence-electron chi connectivity index (χ3n) is 8.86. The van der Waals surface area contributed by atoms with E-state index in [0.717, 1.165) is 31.1 Å². The van der Waals surface area contributed by atoms with Crippen molar-refractivity contribution in [1.82, 2.24) is 0 Å². The third kappa shape index (κ3) is 2.14. The van der Waals surface area contributed by atoms with Crippen molar-refractivity contribution in [2.45, 2.75) is 78.7 Å². The van der Waals surface area contributed by atoms with Crippen molar-refractivity contribution in [2.75, 3.05) is 0 Å². The molecule has 4 aliphatic rings. The molecule has 24 heavy (non-hydrogen) atoms. The highest BCUT2D eigenvalue weighted by Crippen LogP contribution is 2.67. The number of fused-ring (bicyclic) bond motifs is 5. The third-order valence-corrected chi connectivity index (χ3v) is 8.86. The number of aliphatic hydroxyl groups excluding tert-OH is 1. The number of hydrogen-bond donors (Lipinski definition) is 1. The number of carbonyl (C=O) groups is 1.